The predicted octanol–water partition coefficient (Wildman–Crippen LogP) is 11.1. The van der Waals surface area contributed by atoms with Crippen molar-refractivity contribution in [3.8, 4) is 0 Å². The van der Waals surface area contributed by atoms with Crippen molar-refractivity contribution < 1.29 is 28.3 Å². The molecule has 0 bridgehead atoms. The smallest absolute Gasteiger partial charge is 0.435 e. The van der Waals surface area contributed by atoms with Gasteiger partial charge in [-0.2, -0.15) is 11.8 Å². The Balaban J connectivity index is 2.30. The first kappa shape index (κ1) is 39.2. The van der Waals surface area contributed by atoms with E-state index in [2.05, 4.69) is 20.8 Å². The van der Waals surface area contributed by atoms with Gasteiger partial charge in [-0.15, -0.1) is 0 Å². The number of unbranched alkanes of at least 4 members (excludes halogenated alkanes) is 14. The van der Waals surface area contributed by atoms with Crippen LogP contribution in [0, 0.1) is 0 Å². The van der Waals surface area contributed by atoms with Crippen LogP contribution < -0.4 is 0 Å². The van der Waals surface area contributed by atoms with Crippen LogP contribution in [0.4, 0.5) is 4.79 Å². The maximum absolute atomic E-state index is 12.3. The monoisotopic (exact) mass is 628 g/mol. The first-order valence-corrected chi connectivity index (χ1v) is 19.4. The van der Waals surface area contributed by atoms with Crippen LogP contribution in [-0.4, -0.2) is 40.9 Å². The first-order chi connectivity index (χ1) is 20.4. The van der Waals surface area contributed by atoms with E-state index in [1.807, 2.05) is 30.0 Å². The van der Waals surface area contributed by atoms with Crippen molar-refractivity contribution in [2.75, 3.05) is 19.0 Å². The molecule has 0 saturated heterocycles. The second-order valence-electron chi connectivity index (χ2n) is 11.5. The normalized spacial score (nSPS) is 14.4. The van der Waals surface area contributed by atoms with Crippen LogP contribution in [-0.2, 0) is 25.2 Å². The molecule has 0 heterocycles. The SMILES string of the molecule is CCCCCCCCCCCCSC(CCCCCCCC)C(C)OCCCOP(=O)(O)C(=O)OCc1ccccc1. The van der Waals surface area contributed by atoms with Crippen LogP contribution in [0.1, 0.15) is 142 Å². The zero-order valence-corrected chi connectivity index (χ0v) is 28.7. The third-order valence-electron chi connectivity index (χ3n) is 7.57. The van der Waals surface area contributed by atoms with Gasteiger partial charge in [-0.1, -0.05) is 140 Å². The van der Waals surface area contributed by atoms with Gasteiger partial charge in [0.25, 0.3) is 0 Å². The fourth-order valence-electron chi connectivity index (χ4n) is 4.88. The molecule has 3 unspecified atom stereocenters. The fourth-order valence-corrected chi connectivity index (χ4v) is 6.95. The molecule has 1 N–H and O–H groups in total. The number of rotatable bonds is 29. The van der Waals surface area contributed by atoms with Gasteiger partial charge in [0.2, 0.25) is 0 Å². The van der Waals surface area contributed by atoms with Gasteiger partial charge in [-0.25, -0.2) is 9.36 Å². The highest BCUT2D eigenvalue weighted by molar-refractivity contribution is 7.99. The molecule has 0 fully saturated rings. The average molecular weight is 629 g/mol. The number of hydrogen-bond acceptors (Lipinski definition) is 6. The molecule has 0 saturated carbocycles. The summed E-state index contributed by atoms with van der Waals surface area (Å²) in [6.45, 7) is 6.99. The number of thioether (sulfide) groups is 1. The number of carbonyl (C=O) groups excluding carboxylic acids is 1. The summed E-state index contributed by atoms with van der Waals surface area (Å²) in [5.74, 6) is 1.17. The summed E-state index contributed by atoms with van der Waals surface area (Å²) in [4.78, 5) is 22.0. The molecule has 0 amide bonds. The number of hydrogen-bond donors (Lipinski definition) is 1. The summed E-state index contributed by atoms with van der Waals surface area (Å²) >= 11 is 2.05. The lowest BCUT2D eigenvalue weighted by atomic mass is 10.1. The fraction of sp³-hybridized carbons (Fsp3) is 0.794. The summed E-state index contributed by atoms with van der Waals surface area (Å²) in [5, 5.41) is 0.451. The Morgan fingerprint density at radius 1 is 0.786 bits per heavy atom. The van der Waals surface area contributed by atoms with Crippen molar-refractivity contribution in [3.05, 3.63) is 35.9 Å². The lowest BCUT2D eigenvalue weighted by Crippen LogP contribution is -2.25. The number of carbonyl (C=O) groups is 1. The molecule has 8 heteroatoms. The molecule has 0 aliphatic rings. The van der Waals surface area contributed by atoms with Crippen molar-refractivity contribution in [2.24, 2.45) is 0 Å². The molecule has 244 valence electrons. The second-order valence-corrected chi connectivity index (χ2v) is 14.5. The summed E-state index contributed by atoms with van der Waals surface area (Å²) in [7, 11) is -4.49. The van der Waals surface area contributed by atoms with E-state index < -0.39 is 13.3 Å². The van der Waals surface area contributed by atoms with Crippen molar-refractivity contribution in [2.45, 2.75) is 154 Å². The van der Waals surface area contributed by atoms with Gasteiger partial charge >= 0.3 is 13.3 Å². The Hall–Kier alpha value is -0.850. The maximum atomic E-state index is 12.3. The van der Waals surface area contributed by atoms with E-state index in [1.165, 1.54) is 108 Å². The molecule has 0 spiro atoms. The quantitative estimate of drug-likeness (QED) is 0.0698. The van der Waals surface area contributed by atoms with Gasteiger partial charge < -0.3 is 18.9 Å². The van der Waals surface area contributed by atoms with E-state index in [4.69, 9.17) is 14.0 Å². The molecular weight excluding hydrogens is 567 g/mol. The van der Waals surface area contributed by atoms with E-state index in [0.29, 0.717) is 18.3 Å². The van der Waals surface area contributed by atoms with Crippen LogP contribution in [0.3, 0.4) is 0 Å². The van der Waals surface area contributed by atoms with E-state index in [9.17, 15) is 14.3 Å². The summed E-state index contributed by atoms with van der Waals surface area (Å²) in [5.41, 5.74) is -0.474. The Morgan fingerprint density at radius 3 is 1.93 bits per heavy atom. The average Bonchev–Trinajstić information content (AvgIpc) is 2.99. The van der Waals surface area contributed by atoms with Gasteiger partial charge in [0, 0.05) is 11.9 Å². The molecule has 0 aromatic heterocycles. The molecule has 0 radical (unpaired) electrons. The Morgan fingerprint density at radius 2 is 1.33 bits per heavy atom. The van der Waals surface area contributed by atoms with Crippen LogP contribution >= 0.6 is 19.4 Å². The van der Waals surface area contributed by atoms with E-state index in [-0.39, 0.29) is 19.3 Å². The largest absolute Gasteiger partial charge is 0.452 e. The van der Waals surface area contributed by atoms with Crippen molar-refractivity contribution in [1.82, 2.24) is 0 Å². The van der Waals surface area contributed by atoms with Gasteiger partial charge in [-0.3, -0.25) is 0 Å². The summed E-state index contributed by atoms with van der Waals surface area (Å²) in [6, 6.07) is 9.04. The van der Waals surface area contributed by atoms with Gasteiger partial charge in [-0.05, 0) is 37.5 Å². The van der Waals surface area contributed by atoms with Crippen LogP contribution in [0.25, 0.3) is 0 Å². The summed E-state index contributed by atoms with van der Waals surface area (Å²) in [6.07, 6.45) is 23.0. The molecule has 42 heavy (non-hydrogen) atoms. The first-order valence-electron chi connectivity index (χ1n) is 16.8. The molecule has 1 rings (SSSR count). The van der Waals surface area contributed by atoms with Gasteiger partial charge in [0.05, 0.1) is 12.7 Å². The Labute approximate surface area is 262 Å². The third kappa shape index (κ3) is 21.0. The maximum Gasteiger partial charge on any atom is 0.435 e. The molecule has 3 atom stereocenters. The van der Waals surface area contributed by atoms with E-state index in [0.717, 1.165) is 12.0 Å². The van der Waals surface area contributed by atoms with Crippen LogP contribution in [0.2, 0.25) is 0 Å². The molecule has 6 nitrogen and oxygen atoms in total. The topological polar surface area (TPSA) is 82.1 Å². The molecule has 1 aromatic carbocycles. The predicted molar refractivity (Wildman–Crippen MR) is 179 cm³/mol. The standard InChI is InChI=1S/C34H61O6PS/c1-4-6-8-10-12-13-14-15-17-22-29-42-33(26-21-16-11-9-7-5-2)31(3)38-27-23-28-40-41(36,37)34(35)39-30-32-24-19-18-20-25-32/h18-20,24-25,31,33H,4-17,21-23,26-30H2,1-3H3,(H,36,37). The van der Waals surface area contributed by atoms with Gasteiger partial charge in [0.15, 0.2) is 0 Å². The Kier molecular flexibility index (Phi) is 24.8. The zero-order chi connectivity index (χ0) is 30.7. The van der Waals surface area contributed by atoms with Crippen LogP contribution in [0.5, 0.6) is 0 Å². The minimum absolute atomic E-state index is 0.0330. The summed E-state index contributed by atoms with van der Waals surface area (Å²) < 4.78 is 28.4. The molecule has 0 aliphatic heterocycles. The third-order valence-corrected chi connectivity index (χ3v) is 10.3. The number of benzene rings is 1. The minimum atomic E-state index is -4.49. The van der Waals surface area contributed by atoms with Gasteiger partial charge in [0.1, 0.15) is 6.61 Å². The van der Waals surface area contributed by atoms with E-state index in [1.54, 1.807) is 12.1 Å². The van der Waals surface area contributed by atoms with Crippen molar-refractivity contribution in [3.63, 3.8) is 0 Å². The van der Waals surface area contributed by atoms with E-state index >= 15 is 0 Å². The lowest BCUT2D eigenvalue weighted by molar-refractivity contribution is 0.0535. The highest BCUT2D eigenvalue weighted by Crippen LogP contribution is 2.44. The Bertz CT molecular complexity index is 808. The van der Waals surface area contributed by atoms with Crippen molar-refractivity contribution in [1.29, 1.82) is 0 Å². The van der Waals surface area contributed by atoms with Crippen LogP contribution in [0.15, 0.2) is 30.3 Å². The minimum Gasteiger partial charge on any atom is -0.452 e. The number of ether oxygens (including phenoxy) is 2. The molecule has 0 aliphatic carbocycles. The molecule has 1 aromatic rings. The second kappa shape index (κ2) is 26.5. The van der Waals surface area contributed by atoms with Crippen molar-refractivity contribution >= 4 is 25.1 Å². The zero-order valence-electron chi connectivity index (χ0n) is 26.9. The highest BCUT2D eigenvalue weighted by atomic mass is 32.2. The lowest BCUT2D eigenvalue weighted by Gasteiger charge is -2.24. The molecular formula is C34H61O6PS. The highest BCUT2D eigenvalue weighted by Gasteiger charge is 2.32.